The van der Waals surface area contributed by atoms with Crippen LogP contribution in [-0.2, 0) is 6.42 Å². The van der Waals surface area contributed by atoms with Crippen LogP contribution in [0.1, 0.15) is 11.1 Å². The maximum absolute atomic E-state index is 4.33. The van der Waals surface area contributed by atoms with E-state index in [1.54, 1.807) is 6.20 Å². The molecule has 3 rings (SSSR count). The molecule has 92 valence electrons. The first-order valence-electron chi connectivity index (χ1n) is 6.30. The van der Waals surface area contributed by atoms with Crippen LogP contribution in [0.4, 0.5) is 0 Å². The van der Waals surface area contributed by atoms with E-state index in [1.807, 2.05) is 30.7 Å². The molecule has 2 heterocycles. The summed E-state index contributed by atoms with van der Waals surface area (Å²) in [5.41, 5.74) is 4.73. The first kappa shape index (κ1) is 11.6. The van der Waals surface area contributed by atoms with E-state index in [4.69, 9.17) is 0 Å². The summed E-state index contributed by atoms with van der Waals surface area (Å²) >= 11 is 0. The highest BCUT2D eigenvalue weighted by atomic mass is 14.6. The third kappa shape index (κ3) is 2.86. The molecule has 0 unspecified atom stereocenters. The minimum atomic E-state index is 0.905. The maximum atomic E-state index is 4.33. The van der Waals surface area contributed by atoms with Gasteiger partial charge in [-0.25, -0.2) is 0 Å². The Bertz CT molecular complexity index is 648. The van der Waals surface area contributed by atoms with Crippen molar-refractivity contribution in [3.63, 3.8) is 0 Å². The van der Waals surface area contributed by atoms with Crippen LogP contribution in [0, 0.1) is 0 Å². The van der Waals surface area contributed by atoms with E-state index in [0.29, 0.717) is 0 Å². The maximum Gasteiger partial charge on any atom is 0.0347 e. The van der Waals surface area contributed by atoms with Gasteiger partial charge in [-0.05, 0) is 29.7 Å². The zero-order chi connectivity index (χ0) is 12.9. The monoisotopic (exact) mass is 246 g/mol. The average molecular weight is 246 g/mol. The second kappa shape index (κ2) is 5.44. The Kier molecular flexibility index (Phi) is 3.32. The van der Waals surface area contributed by atoms with Gasteiger partial charge in [-0.1, -0.05) is 36.4 Å². The van der Waals surface area contributed by atoms with E-state index in [2.05, 4.69) is 46.4 Å². The van der Waals surface area contributed by atoms with Crippen molar-refractivity contribution in [1.82, 2.24) is 9.97 Å². The van der Waals surface area contributed by atoms with Crippen molar-refractivity contribution in [2.75, 3.05) is 0 Å². The Morgan fingerprint density at radius 2 is 1.53 bits per heavy atom. The van der Waals surface area contributed by atoms with Gasteiger partial charge >= 0.3 is 0 Å². The predicted molar refractivity (Wildman–Crippen MR) is 76.7 cm³/mol. The first-order valence-corrected chi connectivity index (χ1v) is 6.30. The van der Waals surface area contributed by atoms with Gasteiger partial charge < -0.3 is 0 Å². The van der Waals surface area contributed by atoms with Crippen molar-refractivity contribution in [2.45, 2.75) is 6.42 Å². The van der Waals surface area contributed by atoms with Gasteiger partial charge in [0.15, 0.2) is 0 Å². The molecule has 0 aliphatic carbocycles. The lowest BCUT2D eigenvalue weighted by atomic mass is 10.0. The van der Waals surface area contributed by atoms with E-state index < -0.39 is 0 Å². The summed E-state index contributed by atoms with van der Waals surface area (Å²) in [6, 6.07) is 16.6. The van der Waals surface area contributed by atoms with Gasteiger partial charge in [-0.2, -0.15) is 0 Å². The molecule has 2 heteroatoms. The second-order valence-electron chi connectivity index (χ2n) is 4.49. The standard InChI is InChI=1S/C17H14N2/c1-2-5-14(6-3-1)9-15-10-17(13-19-11-15)16-7-4-8-18-12-16/h1-8,10-13H,9H2. The van der Waals surface area contributed by atoms with Crippen LogP contribution in [0.25, 0.3) is 11.1 Å². The summed E-state index contributed by atoms with van der Waals surface area (Å²) in [5, 5.41) is 0. The third-order valence-electron chi connectivity index (χ3n) is 3.04. The topological polar surface area (TPSA) is 25.8 Å². The molecule has 0 bridgehead atoms. The summed E-state index contributed by atoms with van der Waals surface area (Å²) < 4.78 is 0. The van der Waals surface area contributed by atoms with Gasteiger partial charge in [-0.3, -0.25) is 9.97 Å². The van der Waals surface area contributed by atoms with Gasteiger partial charge in [0.25, 0.3) is 0 Å². The van der Waals surface area contributed by atoms with Gasteiger partial charge in [0.2, 0.25) is 0 Å². The van der Waals surface area contributed by atoms with E-state index >= 15 is 0 Å². The summed E-state index contributed by atoms with van der Waals surface area (Å²) in [7, 11) is 0. The van der Waals surface area contributed by atoms with Crippen molar-refractivity contribution in [3.8, 4) is 11.1 Å². The smallest absolute Gasteiger partial charge is 0.0347 e. The highest BCUT2D eigenvalue weighted by Gasteiger charge is 2.01. The van der Waals surface area contributed by atoms with E-state index in [0.717, 1.165) is 17.5 Å². The Labute approximate surface area is 112 Å². The number of hydrogen-bond acceptors (Lipinski definition) is 2. The summed E-state index contributed by atoms with van der Waals surface area (Å²) in [5.74, 6) is 0. The molecule has 2 nitrogen and oxygen atoms in total. The zero-order valence-electron chi connectivity index (χ0n) is 10.5. The van der Waals surface area contributed by atoms with Crippen molar-refractivity contribution in [1.29, 1.82) is 0 Å². The highest BCUT2D eigenvalue weighted by molar-refractivity contribution is 5.61. The third-order valence-corrected chi connectivity index (χ3v) is 3.04. The fourth-order valence-electron chi connectivity index (χ4n) is 2.11. The van der Waals surface area contributed by atoms with E-state index in [9.17, 15) is 0 Å². The van der Waals surface area contributed by atoms with Crippen molar-refractivity contribution in [2.24, 2.45) is 0 Å². The fourth-order valence-corrected chi connectivity index (χ4v) is 2.11. The number of aromatic nitrogens is 2. The average Bonchev–Trinajstić information content (AvgIpc) is 2.49. The Hall–Kier alpha value is -2.48. The zero-order valence-corrected chi connectivity index (χ0v) is 10.5. The molecule has 0 fully saturated rings. The Morgan fingerprint density at radius 1 is 0.684 bits per heavy atom. The lowest BCUT2D eigenvalue weighted by molar-refractivity contribution is 1.15. The molecular weight excluding hydrogens is 232 g/mol. The van der Waals surface area contributed by atoms with Crippen molar-refractivity contribution >= 4 is 0 Å². The molecule has 0 radical (unpaired) electrons. The summed E-state index contributed by atoms with van der Waals surface area (Å²) in [4.78, 5) is 8.48. The van der Waals surface area contributed by atoms with E-state index in [-0.39, 0.29) is 0 Å². The van der Waals surface area contributed by atoms with Crippen LogP contribution < -0.4 is 0 Å². The van der Waals surface area contributed by atoms with E-state index in [1.165, 1.54) is 11.1 Å². The van der Waals surface area contributed by atoms with Gasteiger partial charge in [0.05, 0.1) is 0 Å². The molecule has 1 aromatic carbocycles. The number of nitrogens with zero attached hydrogens (tertiary/aromatic N) is 2. The normalized spacial score (nSPS) is 10.3. The number of rotatable bonds is 3. The molecule has 3 aromatic rings. The molecule has 0 atom stereocenters. The lowest BCUT2D eigenvalue weighted by Gasteiger charge is -2.05. The molecule has 0 saturated heterocycles. The number of hydrogen-bond donors (Lipinski definition) is 0. The fraction of sp³-hybridized carbons (Fsp3) is 0.0588. The molecular formula is C17H14N2. The minimum absolute atomic E-state index is 0.905. The molecule has 19 heavy (non-hydrogen) atoms. The van der Waals surface area contributed by atoms with Crippen molar-refractivity contribution in [3.05, 3.63) is 84.4 Å². The summed E-state index contributed by atoms with van der Waals surface area (Å²) in [6.07, 6.45) is 8.36. The number of benzene rings is 1. The quantitative estimate of drug-likeness (QED) is 0.703. The van der Waals surface area contributed by atoms with Gasteiger partial charge in [0.1, 0.15) is 0 Å². The Morgan fingerprint density at radius 3 is 2.32 bits per heavy atom. The lowest BCUT2D eigenvalue weighted by Crippen LogP contribution is -1.90. The molecule has 0 aliphatic rings. The largest absolute Gasteiger partial charge is 0.264 e. The van der Waals surface area contributed by atoms with Crippen LogP contribution in [0.3, 0.4) is 0 Å². The molecule has 0 saturated carbocycles. The van der Waals surface area contributed by atoms with Crippen LogP contribution in [0.15, 0.2) is 73.3 Å². The first-order chi connectivity index (χ1) is 9.42. The minimum Gasteiger partial charge on any atom is -0.264 e. The second-order valence-corrected chi connectivity index (χ2v) is 4.49. The Balaban J connectivity index is 1.89. The van der Waals surface area contributed by atoms with Gasteiger partial charge in [-0.15, -0.1) is 0 Å². The molecule has 0 amide bonds. The van der Waals surface area contributed by atoms with Crippen molar-refractivity contribution < 1.29 is 0 Å². The van der Waals surface area contributed by atoms with Crippen LogP contribution in [-0.4, -0.2) is 9.97 Å². The molecule has 0 aliphatic heterocycles. The molecule has 2 aromatic heterocycles. The number of pyridine rings is 2. The molecule has 0 N–H and O–H groups in total. The van der Waals surface area contributed by atoms with Crippen LogP contribution >= 0.6 is 0 Å². The van der Waals surface area contributed by atoms with Crippen LogP contribution in [0.5, 0.6) is 0 Å². The highest BCUT2D eigenvalue weighted by Crippen LogP contribution is 2.19. The predicted octanol–water partition coefficient (Wildman–Crippen LogP) is 3.73. The SMILES string of the molecule is c1ccc(Cc2cncc(-c3cccnc3)c2)cc1. The molecule has 0 spiro atoms. The summed E-state index contributed by atoms with van der Waals surface area (Å²) in [6.45, 7) is 0. The van der Waals surface area contributed by atoms with Crippen LogP contribution in [0.2, 0.25) is 0 Å². The van der Waals surface area contributed by atoms with Gasteiger partial charge in [0, 0.05) is 35.9 Å².